The predicted octanol–water partition coefficient (Wildman–Crippen LogP) is 4.02. The normalized spacial score (nSPS) is 10.9. The molecule has 1 N–H and O–H groups in total. The second-order valence-corrected chi connectivity index (χ2v) is 5.31. The van der Waals surface area contributed by atoms with E-state index in [0.29, 0.717) is 21.6 Å². The van der Waals surface area contributed by atoms with Gasteiger partial charge in [-0.3, -0.25) is 4.68 Å². The monoisotopic (exact) mass is 317 g/mol. The van der Waals surface area contributed by atoms with E-state index in [1.165, 1.54) is 0 Å². The van der Waals surface area contributed by atoms with Gasteiger partial charge in [-0.1, -0.05) is 34.8 Å². The molecule has 0 saturated heterocycles. The smallest absolute Gasteiger partial charge is 0.0652 e. The van der Waals surface area contributed by atoms with Crippen LogP contribution < -0.4 is 5.32 Å². The second kappa shape index (κ2) is 7.15. The molecule has 1 heterocycles. The Bertz CT molecular complexity index is 526. The van der Waals surface area contributed by atoms with Gasteiger partial charge in [-0.25, -0.2) is 0 Å². The van der Waals surface area contributed by atoms with Crippen molar-refractivity contribution in [1.82, 2.24) is 15.1 Å². The quantitative estimate of drug-likeness (QED) is 0.644. The lowest BCUT2D eigenvalue weighted by atomic mass is 10.2. The van der Waals surface area contributed by atoms with Gasteiger partial charge in [0, 0.05) is 36.1 Å². The number of halogens is 3. The summed E-state index contributed by atoms with van der Waals surface area (Å²) in [7, 11) is 0. The molecule has 2 rings (SSSR count). The van der Waals surface area contributed by atoms with Crippen molar-refractivity contribution in [2.24, 2.45) is 0 Å². The van der Waals surface area contributed by atoms with Crippen LogP contribution in [0.1, 0.15) is 12.0 Å². The van der Waals surface area contributed by atoms with Crippen molar-refractivity contribution >= 4 is 34.8 Å². The van der Waals surface area contributed by atoms with E-state index in [2.05, 4.69) is 10.4 Å². The first-order valence-electron chi connectivity index (χ1n) is 5.99. The van der Waals surface area contributed by atoms with Gasteiger partial charge in [0.25, 0.3) is 0 Å². The van der Waals surface area contributed by atoms with Gasteiger partial charge in [0.1, 0.15) is 0 Å². The van der Waals surface area contributed by atoms with Gasteiger partial charge in [-0.15, -0.1) is 0 Å². The highest BCUT2D eigenvalue weighted by molar-refractivity contribution is 6.44. The number of aryl methyl sites for hydroxylation is 1. The lowest BCUT2D eigenvalue weighted by Crippen LogP contribution is -2.17. The summed E-state index contributed by atoms with van der Waals surface area (Å²) in [5.41, 5.74) is 0.843. The van der Waals surface area contributed by atoms with Gasteiger partial charge in [-0.05, 0) is 31.2 Å². The Morgan fingerprint density at radius 3 is 2.68 bits per heavy atom. The standard InChI is InChI=1S/C13H14Cl3N3/c14-11-3-4-12(15)13(16)10(11)9-17-5-1-7-19-8-2-6-18-19/h2-4,6,8,17H,1,5,7,9H2. The summed E-state index contributed by atoms with van der Waals surface area (Å²) in [6, 6.07) is 5.38. The maximum absolute atomic E-state index is 6.12. The average molecular weight is 319 g/mol. The van der Waals surface area contributed by atoms with Gasteiger partial charge in [-0.2, -0.15) is 5.10 Å². The Balaban J connectivity index is 1.78. The number of hydrogen-bond donors (Lipinski definition) is 1. The fourth-order valence-corrected chi connectivity index (χ4v) is 2.42. The number of benzene rings is 1. The Morgan fingerprint density at radius 1 is 1.16 bits per heavy atom. The molecule has 0 aliphatic carbocycles. The molecular weight excluding hydrogens is 305 g/mol. The Hall–Kier alpha value is -0.740. The topological polar surface area (TPSA) is 29.9 Å². The maximum Gasteiger partial charge on any atom is 0.0652 e. The SMILES string of the molecule is Clc1ccc(Cl)c(CNCCCn2cccn2)c1Cl. The van der Waals surface area contributed by atoms with Gasteiger partial charge >= 0.3 is 0 Å². The molecule has 6 heteroatoms. The summed E-state index contributed by atoms with van der Waals surface area (Å²) >= 11 is 18.2. The zero-order valence-corrected chi connectivity index (χ0v) is 12.5. The minimum Gasteiger partial charge on any atom is -0.312 e. The first-order chi connectivity index (χ1) is 9.18. The fraction of sp³-hybridized carbons (Fsp3) is 0.308. The molecule has 0 atom stereocenters. The third-order valence-corrected chi connectivity index (χ3v) is 3.94. The van der Waals surface area contributed by atoms with Crippen molar-refractivity contribution in [2.45, 2.75) is 19.5 Å². The molecule has 2 aromatic rings. The van der Waals surface area contributed by atoms with E-state index < -0.39 is 0 Å². The van der Waals surface area contributed by atoms with E-state index in [0.717, 1.165) is 25.1 Å². The molecule has 0 radical (unpaired) electrons. The minimum atomic E-state index is 0.522. The average Bonchev–Trinajstić information content (AvgIpc) is 2.90. The molecule has 0 aliphatic rings. The van der Waals surface area contributed by atoms with Gasteiger partial charge in [0.05, 0.1) is 10.0 Å². The van der Waals surface area contributed by atoms with Crippen molar-refractivity contribution in [3.8, 4) is 0 Å². The summed E-state index contributed by atoms with van der Waals surface area (Å²) in [6.07, 6.45) is 4.71. The third kappa shape index (κ3) is 4.11. The van der Waals surface area contributed by atoms with E-state index in [-0.39, 0.29) is 0 Å². The summed E-state index contributed by atoms with van der Waals surface area (Å²) in [6.45, 7) is 2.35. The van der Waals surface area contributed by atoms with E-state index >= 15 is 0 Å². The maximum atomic E-state index is 6.12. The minimum absolute atomic E-state index is 0.522. The lowest BCUT2D eigenvalue weighted by Gasteiger charge is -2.10. The van der Waals surface area contributed by atoms with Crippen LogP contribution in [0.4, 0.5) is 0 Å². The molecule has 1 aromatic heterocycles. The number of nitrogens with zero attached hydrogens (tertiary/aromatic N) is 2. The van der Waals surface area contributed by atoms with E-state index in [1.807, 2.05) is 16.9 Å². The third-order valence-electron chi connectivity index (χ3n) is 2.74. The van der Waals surface area contributed by atoms with Crippen LogP contribution in [0, 0.1) is 0 Å². The van der Waals surface area contributed by atoms with Crippen LogP contribution in [-0.4, -0.2) is 16.3 Å². The Morgan fingerprint density at radius 2 is 1.95 bits per heavy atom. The van der Waals surface area contributed by atoms with Crippen molar-refractivity contribution in [3.05, 3.63) is 51.2 Å². The second-order valence-electron chi connectivity index (χ2n) is 4.12. The molecule has 0 spiro atoms. The van der Waals surface area contributed by atoms with Crippen LogP contribution in [0.2, 0.25) is 15.1 Å². The molecule has 0 fully saturated rings. The molecule has 0 aliphatic heterocycles. The largest absolute Gasteiger partial charge is 0.312 e. The Labute approximate surface area is 127 Å². The van der Waals surface area contributed by atoms with Crippen molar-refractivity contribution < 1.29 is 0 Å². The van der Waals surface area contributed by atoms with Crippen LogP contribution in [-0.2, 0) is 13.1 Å². The highest BCUT2D eigenvalue weighted by Gasteiger charge is 2.08. The number of rotatable bonds is 6. The summed E-state index contributed by atoms with van der Waals surface area (Å²) in [5, 5.41) is 9.13. The zero-order valence-electron chi connectivity index (χ0n) is 10.2. The molecular formula is C13H14Cl3N3. The fourth-order valence-electron chi connectivity index (χ4n) is 1.74. The number of aromatic nitrogens is 2. The summed E-state index contributed by atoms with van der Waals surface area (Å²) < 4.78 is 1.90. The van der Waals surface area contributed by atoms with Gasteiger partial charge < -0.3 is 5.32 Å². The van der Waals surface area contributed by atoms with Gasteiger partial charge in [0.15, 0.2) is 0 Å². The van der Waals surface area contributed by atoms with Crippen LogP contribution in [0.5, 0.6) is 0 Å². The molecule has 19 heavy (non-hydrogen) atoms. The van der Waals surface area contributed by atoms with E-state index in [9.17, 15) is 0 Å². The number of nitrogens with one attached hydrogen (secondary N) is 1. The summed E-state index contributed by atoms with van der Waals surface area (Å²) in [4.78, 5) is 0. The van der Waals surface area contributed by atoms with Crippen LogP contribution in [0.25, 0.3) is 0 Å². The van der Waals surface area contributed by atoms with Crippen LogP contribution >= 0.6 is 34.8 Å². The van der Waals surface area contributed by atoms with E-state index in [1.54, 1.807) is 18.3 Å². The highest BCUT2D eigenvalue weighted by Crippen LogP contribution is 2.31. The molecule has 0 saturated carbocycles. The van der Waals surface area contributed by atoms with Gasteiger partial charge in [0.2, 0.25) is 0 Å². The molecule has 0 unspecified atom stereocenters. The zero-order chi connectivity index (χ0) is 13.7. The van der Waals surface area contributed by atoms with Crippen molar-refractivity contribution in [1.29, 1.82) is 0 Å². The highest BCUT2D eigenvalue weighted by atomic mass is 35.5. The van der Waals surface area contributed by atoms with Crippen LogP contribution in [0.15, 0.2) is 30.6 Å². The number of hydrogen-bond acceptors (Lipinski definition) is 2. The molecule has 102 valence electrons. The molecule has 0 amide bonds. The Kier molecular flexibility index (Phi) is 5.52. The lowest BCUT2D eigenvalue weighted by molar-refractivity contribution is 0.543. The predicted molar refractivity (Wildman–Crippen MR) is 80.0 cm³/mol. The van der Waals surface area contributed by atoms with Crippen molar-refractivity contribution in [3.63, 3.8) is 0 Å². The van der Waals surface area contributed by atoms with E-state index in [4.69, 9.17) is 34.8 Å². The molecule has 0 bridgehead atoms. The first-order valence-corrected chi connectivity index (χ1v) is 7.12. The molecule has 1 aromatic carbocycles. The van der Waals surface area contributed by atoms with Crippen molar-refractivity contribution in [2.75, 3.05) is 6.54 Å². The first kappa shape index (κ1) is 14.7. The summed E-state index contributed by atoms with van der Waals surface area (Å²) in [5.74, 6) is 0. The molecule has 3 nitrogen and oxygen atoms in total. The van der Waals surface area contributed by atoms with Crippen LogP contribution in [0.3, 0.4) is 0 Å².